The Morgan fingerprint density at radius 3 is 2.80 bits per heavy atom. The second-order valence-corrected chi connectivity index (χ2v) is 4.63. The van der Waals surface area contributed by atoms with E-state index >= 15 is 0 Å². The van der Waals surface area contributed by atoms with Gasteiger partial charge in [-0.3, -0.25) is 4.90 Å². The number of likely N-dealkylation sites (tertiary alicyclic amines) is 1. The third kappa shape index (κ3) is 1.68. The topological polar surface area (TPSA) is 29.3 Å². The molecule has 82 valence electrons. The van der Waals surface area contributed by atoms with E-state index in [4.69, 9.17) is 5.73 Å². The highest BCUT2D eigenvalue weighted by Gasteiger charge is 2.38. The molecule has 0 aliphatic carbocycles. The van der Waals surface area contributed by atoms with Gasteiger partial charge in [0.15, 0.2) is 0 Å². The van der Waals surface area contributed by atoms with Crippen LogP contribution in [0.1, 0.15) is 24.0 Å². The van der Waals surface area contributed by atoms with Crippen molar-refractivity contribution in [2.24, 2.45) is 5.73 Å². The molecular weight excluding hydrogens is 184 g/mol. The summed E-state index contributed by atoms with van der Waals surface area (Å²) in [5.41, 5.74) is 8.79. The van der Waals surface area contributed by atoms with Gasteiger partial charge in [0.05, 0.1) is 5.54 Å². The predicted octanol–water partition coefficient (Wildman–Crippen LogP) is 1.87. The van der Waals surface area contributed by atoms with Crippen molar-refractivity contribution >= 4 is 0 Å². The Kier molecular flexibility index (Phi) is 2.81. The summed E-state index contributed by atoms with van der Waals surface area (Å²) in [6.07, 6.45) is 2.44. The molecule has 0 spiro atoms. The van der Waals surface area contributed by atoms with Crippen LogP contribution in [-0.4, -0.2) is 25.0 Å². The molecule has 2 heteroatoms. The summed E-state index contributed by atoms with van der Waals surface area (Å²) >= 11 is 0. The van der Waals surface area contributed by atoms with Gasteiger partial charge in [0.1, 0.15) is 0 Å². The van der Waals surface area contributed by atoms with Crippen LogP contribution in [0.3, 0.4) is 0 Å². The maximum absolute atomic E-state index is 6.00. The zero-order valence-corrected chi connectivity index (χ0v) is 9.66. The Morgan fingerprint density at radius 2 is 2.27 bits per heavy atom. The van der Waals surface area contributed by atoms with Crippen molar-refractivity contribution in [1.82, 2.24) is 4.90 Å². The summed E-state index contributed by atoms with van der Waals surface area (Å²) in [7, 11) is 2.18. The number of nitrogens with two attached hydrogens (primary N) is 1. The molecule has 0 radical (unpaired) electrons. The van der Waals surface area contributed by atoms with E-state index < -0.39 is 0 Å². The summed E-state index contributed by atoms with van der Waals surface area (Å²) in [5, 5.41) is 0. The first-order chi connectivity index (χ1) is 7.19. The van der Waals surface area contributed by atoms with Gasteiger partial charge in [-0.25, -0.2) is 0 Å². The maximum Gasteiger partial charge on any atom is 0.0581 e. The van der Waals surface area contributed by atoms with Crippen LogP contribution in [0.5, 0.6) is 0 Å². The summed E-state index contributed by atoms with van der Waals surface area (Å²) < 4.78 is 0. The van der Waals surface area contributed by atoms with Gasteiger partial charge in [-0.15, -0.1) is 0 Å². The molecule has 0 saturated carbocycles. The Balaban J connectivity index is 2.42. The second kappa shape index (κ2) is 3.95. The van der Waals surface area contributed by atoms with Gasteiger partial charge in [-0.05, 0) is 38.9 Å². The number of likely N-dealkylation sites (N-methyl/N-ethyl adjacent to an activating group) is 1. The third-order valence-corrected chi connectivity index (χ3v) is 3.71. The van der Waals surface area contributed by atoms with Crippen LogP contribution < -0.4 is 5.73 Å². The molecule has 0 amide bonds. The molecule has 0 bridgehead atoms. The van der Waals surface area contributed by atoms with Gasteiger partial charge in [0.2, 0.25) is 0 Å². The smallest absolute Gasteiger partial charge is 0.0581 e. The van der Waals surface area contributed by atoms with Crippen molar-refractivity contribution in [1.29, 1.82) is 0 Å². The Morgan fingerprint density at radius 1 is 1.47 bits per heavy atom. The predicted molar refractivity (Wildman–Crippen MR) is 63.8 cm³/mol. The lowest BCUT2D eigenvalue weighted by molar-refractivity contribution is 0.183. The largest absolute Gasteiger partial charge is 0.328 e. The van der Waals surface area contributed by atoms with E-state index in [0.29, 0.717) is 6.54 Å². The van der Waals surface area contributed by atoms with Gasteiger partial charge in [-0.2, -0.15) is 0 Å². The van der Waals surface area contributed by atoms with Crippen molar-refractivity contribution in [2.45, 2.75) is 25.3 Å². The molecule has 1 aromatic carbocycles. The molecule has 15 heavy (non-hydrogen) atoms. The molecule has 2 nitrogen and oxygen atoms in total. The summed E-state index contributed by atoms with van der Waals surface area (Å²) in [5.74, 6) is 0. The van der Waals surface area contributed by atoms with Crippen molar-refractivity contribution in [3.05, 3.63) is 35.4 Å². The molecule has 1 heterocycles. The van der Waals surface area contributed by atoms with Crippen LogP contribution in [0.4, 0.5) is 0 Å². The van der Waals surface area contributed by atoms with Crippen LogP contribution in [0.2, 0.25) is 0 Å². The number of aryl methyl sites for hydroxylation is 1. The first-order valence-corrected chi connectivity index (χ1v) is 5.67. The Hall–Kier alpha value is -0.860. The van der Waals surface area contributed by atoms with Crippen molar-refractivity contribution in [3.8, 4) is 0 Å². The molecule has 1 aliphatic heterocycles. The minimum atomic E-state index is 0.0893. The first kappa shape index (κ1) is 10.7. The Labute approximate surface area is 92.1 Å². The maximum atomic E-state index is 6.00. The van der Waals surface area contributed by atoms with Gasteiger partial charge < -0.3 is 5.73 Å². The van der Waals surface area contributed by atoms with E-state index in [1.165, 1.54) is 24.0 Å². The number of hydrogen-bond acceptors (Lipinski definition) is 2. The van der Waals surface area contributed by atoms with Crippen LogP contribution in [0.15, 0.2) is 24.3 Å². The van der Waals surface area contributed by atoms with Crippen LogP contribution in [0.25, 0.3) is 0 Å². The van der Waals surface area contributed by atoms with Crippen molar-refractivity contribution in [2.75, 3.05) is 20.1 Å². The summed E-state index contributed by atoms with van der Waals surface area (Å²) in [6.45, 7) is 4.01. The zero-order chi connectivity index (χ0) is 10.9. The third-order valence-electron chi connectivity index (χ3n) is 3.71. The molecule has 1 atom stereocenters. The lowest BCUT2D eigenvalue weighted by atomic mass is 9.87. The minimum Gasteiger partial charge on any atom is -0.328 e. The standard InChI is InChI=1S/C13H20N2/c1-11-5-3-6-12(9-11)13(10-14)7-4-8-15(13)2/h3,5-6,9H,4,7-8,10,14H2,1-2H3. The fourth-order valence-corrected chi connectivity index (χ4v) is 2.69. The zero-order valence-electron chi connectivity index (χ0n) is 9.66. The molecule has 1 saturated heterocycles. The SMILES string of the molecule is Cc1cccc(C2(CN)CCCN2C)c1. The van der Waals surface area contributed by atoms with Crippen LogP contribution in [0, 0.1) is 6.92 Å². The highest BCUT2D eigenvalue weighted by molar-refractivity contribution is 5.30. The van der Waals surface area contributed by atoms with E-state index in [-0.39, 0.29) is 5.54 Å². The monoisotopic (exact) mass is 204 g/mol. The molecule has 1 unspecified atom stereocenters. The van der Waals surface area contributed by atoms with Crippen LogP contribution in [-0.2, 0) is 5.54 Å². The molecular formula is C13H20N2. The summed E-state index contributed by atoms with van der Waals surface area (Å²) in [4.78, 5) is 2.40. The molecule has 2 N–H and O–H groups in total. The number of nitrogens with zero attached hydrogens (tertiary/aromatic N) is 1. The van der Waals surface area contributed by atoms with Crippen LogP contribution >= 0.6 is 0 Å². The normalized spacial score (nSPS) is 27.1. The number of rotatable bonds is 2. The van der Waals surface area contributed by atoms with Gasteiger partial charge in [0.25, 0.3) is 0 Å². The van der Waals surface area contributed by atoms with E-state index in [1.807, 2.05) is 0 Å². The minimum absolute atomic E-state index is 0.0893. The molecule has 1 aromatic rings. The second-order valence-electron chi connectivity index (χ2n) is 4.63. The molecule has 2 rings (SSSR count). The fraction of sp³-hybridized carbons (Fsp3) is 0.538. The fourth-order valence-electron chi connectivity index (χ4n) is 2.69. The summed E-state index contributed by atoms with van der Waals surface area (Å²) in [6, 6.07) is 8.76. The highest BCUT2D eigenvalue weighted by atomic mass is 15.2. The van der Waals surface area contributed by atoms with E-state index in [0.717, 1.165) is 6.54 Å². The first-order valence-electron chi connectivity index (χ1n) is 5.67. The number of benzene rings is 1. The van der Waals surface area contributed by atoms with E-state index in [1.54, 1.807) is 0 Å². The lowest BCUT2D eigenvalue weighted by Gasteiger charge is -2.36. The van der Waals surface area contributed by atoms with Gasteiger partial charge in [0, 0.05) is 6.54 Å². The number of hydrogen-bond donors (Lipinski definition) is 1. The average molecular weight is 204 g/mol. The molecule has 1 aliphatic rings. The molecule has 1 fully saturated rings. The van der Waals surface area contributed by atoms with Crippen molar-refractivity contribution < 1.29 is 0 Å². The van der Waals surface area contributed by atoms with Gasteiger partial charge in [-0.1, -0.05) is 29.8 Å². The highest BCUT2D eigenvalue weighted by Crippen LogP contribution is 2.36. The molecule has 0 aromatic heterocycles. The lowest BCUT2D eigenvalue weighted by Crippen LogP contribution is -2.44. The van der Waals surface area contributed by atoms with E-state index in [9.17, 15) is 0 Å². The van der Waals surface area contributed by atoms with Gasteiger partial charge >= 0.3 is 0 Å². The quantitative estimate of drug-likeness (QED) is 0.797. The van der Waals surface area contributed by atoms with E-state index in [2.05, 4.69) is 43.1 Å². The average Bonchev–Trinajstić information content (AvgIpc) is 2.61. The Bertz CT molecular complexity index is 348. The van der Waals surface area contributed by atoms with Crippen molar-refractivity contribution in [3.63, 3.8) is 0 Å².